The van der Waals surface area contributed by atoms with E-state index >= 15 is 0 Å². The molecule has 0 rings (SSSR count). The van der Waals surface area contributed by atoms with Crippen molar-refractivity contribution in [2.75, 3.05) is 6.61 Å². The predicted molar refractivity (Wildman–Crippen MR) is 53.1 cm³/mol. The minimum atomic E-state index is -1.47. The lowest BCUT2D eigenvalue weighted by Crippen LogP contribution is -2.42. The summed E-state index contributed by atoms with van der Waals surface area (Å²) in [7, 11) is 0. The normalized spacial score (nSPS) is 11.6. The number of rotatable bonds is 7. The van der Waals surface area contributed by atoms with Crippen molar-refractivity contribution in [3.63, 3.8) is 0 Å². The maximum atomic E-state index is 11.0. The lowest BCUT2D eigenvalue weighted by molar-refractivity contribution is -0.145. The van der Waals surface area contributed by atoms with Gasteiger partial charge in [-0.05, 0) is 6.42 Å². The van der Waals surface area contributed by atoms with E-state index in [1.165, 1.54) is 0 Å². The van der Waals surface area contributed by atoms with E-state index in [4.69, 9.17) is 10.2 Å². The summed E-state index contributed by atoms with van der Waals surface area (Å²) in [6.45, 7) is 2.09. The number of carbonyl (C=O) groups is 3. The fourth-order valence-corrected chi connectivity index (χ4v) is 0.868. The summed E-state index contributed by atoms with van der Waals surface area (Å²) in [6, 6.07) is -1.47. The van der Waals surface area contributed by atoms with Crippen LogP contribution in [0.25, 0.3) is 0 Å². The number of alkyl carbamates (subject to hydrolysis) is 1. The smallest absolute Gasteiger partial charge is 0.407 e. The molecule has 0 aliphatic carbocycles. The van der Waals surface area contributed by atoms with Gasteiger partial charge in [-0.2, -0.15) is 0 Å². The number of carboxylic acids is 2. The second-order valence-corrected chi connectivity index (χ2v) is 3.12. The van der Waals surface area contributed by atoms with Gasteiger partial charge in [-0.3, -0.25) is 4.79 Å². The van der Waals surface area contributed by atoms with E-state index in [9.17, 15) is 14.4 Å². The van der Waals surface area contributed by atoms with E-state index in [0.717, 1.165) is 6.42 Å². The Morgan fingerprint density at radius 2 is 1.94 bits per heavy atom. The number of nitrogens with one attached hydrogen (secondary N) is 1. The molecule has 0 bridgehead atoms. The molecule has 7 heteroatoms. The Hall–Kier alpha value is -1.79. The largest absolute Gasteiger partial charge is 0.481 e. The summed E-state index contributed by atoms with van der Waals surface area (Å²) >= 11 is 0. The first-order valence-electron chi connectivity index (χ1n) is 4.85. The average molecular weight is 233 g/mol. The van der Waals surface area contributed by atoms with Gasteiger partial charge in [-0.1, -0.05) is 13.3 Å². The van der Waals surface area contributed by atoms with Crippen LogP contribution in [-0.4, -0.2) is 40.9 Å². The molecule has 3 N–H and O–H groups in total. The monoisotopic (exact) mass is 233 g/mol. The average Bonchev–Trinajstić information content (AvgIpc) is 2.16. The number of carbonyl (C=O) groups excluding carboxylic acids is 1. The molecule has 0 aliphatic heterocycles. The highest BCUT2D eigenvalue weighted by atomic mass is 16.5. The van der Waals surface area contributed by atoms with Crippen LogP contribution in [0.3, 0.4) is 0 Å². The van der Waals surface area contributed by atoms with Crippen molar-refractivity contribution < 1.29 is 29.3 Å². The van der Waals surface area contributed by atoms with Crippen molar-refractivity contribution in [2.45, 2.75) is 32.2 Å². The van der Waals surface area contributed by atoms with Crippen LogP contribution in [0.15, 0.2) is 0 Å². The van der Waals surface area contributed by atoms with Gasteiger partial charge in [0.05, 0.1) is 13.0 Å². The van der Waals surface area contributed by atoms with E-state index in [1.807, 2.05) is 12.2 Å². The van der Waals surface area contributed by atoms with Crippen LogP contribution in [0, 0.1) is 0 Å². The molecule has 92 valence electrons. The molecule has 0 heterocycles. The van der Waals surface area contributed by atoms with E-state index in [1.54, 1.807) is 0 Å². The van der Waals surface area contributed by atoms with Crippen LogP contribution in [0.5, 0.6) is 0 Å². The van der Waals surface area contributed by atoms with E-state index < -0.39 is 30.5 Å². The minimum Gasteiger partial charge on any atom is -0.481 e. The summed E-state index contributed by atoms with van der Waals surface area (Å²) in [5.41, 5.74) is 0. The topological polar surface area (TPSA) is 113 Å². The van der Waals surface area contributed by atoms with Crippen molar-refractivity contribution in [1.82, 2.24) is 5.32 Å². The van der Waals surface area contributed by atoms with Gasteiger partial charge in [0.1, 0.15) is 6.04 Å². The number of carboxylic acid groups (broad SMARTS) is 2. The standard InChI is InChI=1S/C9H15NO6/c1-2-3-4-16-9(15)10-6(8(13)14)5-7(11)12/h6H,2-5H2,1H3,(H,10,15)(H,11,12)(H,13,14)/t6-/m0/s1. The molecule has 1 amide bonds. The van der Waals surface area contributed by atoms with Crippen molar-refractivity contribution in [2.24, 2.45) is 0 Å². The van der Waals surface area contributed by atoms with Crippen molar-refractivity contribution >= 4 is 18.0 Å². The van der Waals surface area contributed by atoms with Gasteiger partial charge in [0.2, 0.25) is 0 Å². The van der Waals surface area contributed by atoms with Crippen LogP contribution >= 0.6 is 0 Å². The molecular formula is C9H15NO6. The van der Waals surface area contributed by atoms with Crippen LogP contribution in [-0.2, 0) is 14.3 Å². The number of hydrogen-bond acceptors (Lipinski definition) is 4. The van der Waals surface area contributed by atoms with Crippen molar-refractivity contribution in [1.29, 1.82) is 0 Å². The number of hydrogen-bond donors (Lipinski definition) is 3. The third-order valence-corrected chi connectivity index (χ3v) is 1.70. The second-order valence-electron chi connectivity index (χ2n) is 3.12. The van der Waals surface area contributed by atoms with Crippen LogP contribution in [0.4, 0.5) is 4.79 Å². The zero-order chi connectivity index (χ0) is 12.6. The fourth-order valence-electron chi connectivity index (χ4n) is 0.868. The Morgan fingerprint density at radius 1 is 1.31 bits per heavy atom. The first kappa shape index (κ1) is 14.2. The van der Waals surface area contributed by atoms with Gasteiger partial charge in [0.15, 0.2) is 0 Å². The van der Waals surface area contributed by atoms with Crippen LogP contribution < -0.4 is 5.32 Å². The van der Waals surface area contributed by atoms with E-state index in [-0.39, 0.29) is 6.61 Å². The molecule has 0 aromatic rings. The van der Waals surface area contributed by atoms with Crippen molar-refractivity contribution in [3.05, 3.63) is 0 Å². The van der Waals surface area contributed by atoms with Gasteiger partial charge in [-0.25, -0.2) is 9.59 Å². The molecular weight excluding hydrogens is 218 g/mol. The highest BCUT2D eigenvalue weighted by Gasteiger charge is 2.23. The lowest BCUT2D eigenvalue weighted by atomic mass is 10.2. The highest BCUT2D eigenvalue weighted by molar-refractivity contribution is 5.84. The quantitative estimate of drug-likeness (QED) is 0.550. The first-order valence-corrected chi connectivity index (χ1v) is 4.85. The molecule has 0 aromatic heterocycles. The maximum absolute atomic E-state index is 11.0. The van der Waals surface area contributed by atoms with E-state index in [2.05, 4.69) is 4.74 Å². The summed E-state index contributed by atoms with van der Waals surface area (Å²) in [4.78, 5) is 31.9. The molecule has 7 nitrogen and oxygen atoms in total. The highest BCUT2D eigenvalue weighted by Crippen LogP contribution is 1.95. The summed E-state index contributed by atoms with van der Waals surface area (Å²) in [5, 5.41) is 19.0. The molecule has 0 saturated heterocycles. The summed E-state index contributed by atoms with van der Waals surface area (Å²) < 4.78 is 4.64. The molecule has 16 heavy (non-hydrogen) atoms. The number of aliphatic carboxylic acids is 2. The Labute approximate surface area is 92.4 Å². The summed E-state index contributed by atoms with van der Waals surface area (Å²) in [6.07, 6.45) is -0.0883. The molecule has 0 aliphatic rings. The Bertz CT molecular complexity index is 265. The molecule has 0 aromatic carbocycles. The van der Waals surface area contributed by atoms with Gasteiger partial charge in [-0.15, -0.1) is 0 Å². The zero-order valence-corrected chi connectivity index (χ0v) is 8.93. The van der Waals surface area contributed by atoms with Crippen molar-refractivity contribution in [3.8, 4) is 0 Å². The van der Waals surface area contributed by atoms with Gasteiger partial charge in [0, 0.05) is 0 Å². The van der Waals surface area contributed by atoms with Gasteiger partial charge < -0.3 is 20.3 Å². The second kappa shape index (κ2) is 7.49. The Balaban J connectivity index is 4.03. The lowest BCUT2D eigenvalue weighted by Gasteiger charge is -2.12. The fraction of sp³-hybridized carbons (Fsp3) is 0.667. The third-order valence-electron chi connectivity index (χ3n) is 1.70. The van der Waals surface area contributed by atoms with Gasteiger partial charge >= 0.3 is 18.0 Å². The molecule has 1 atom stereocenters. The zero-order valence-electron chi connectivity index (χ0n) is 8.93. The minimum absolute atomic E-state index is 0.182. The first-order chi connectivity index (χ1) is 7.47. The SMILES string of the molecule is CCCCOC(=O)N[C@@H](CC(=O)O)C(=O)O. The number of unbranched alkanes of at least 4 members (excludes halogenated alkanes) is 1. The number of amides is 1. The summed E-state index contributed by atoms with van der Waals surface area (Å²) in [5.74, 6) is -2.71. The Morgan fingerprint density at radius 3 is 2.38 bits per heavy atom. The molecule has 0 spiro atoms. The molecule has 0 radical (unpaired) electrons. The maximum Gasteiger partial charge on any atom is 0.407 e. The van der Waals surface area contributed by atoms with E-state index in [0.29, 0.717) is 6.42 Å². The van der Waals surface area contributed by atoms with Crippen LogP contribution in [0.2, 0.25) is 0 Å². The number of ether oxygens (including phenoxy) is 1. The molecule has 0 saturated carbocycles. The predicted octanol–water partition coefficient (Wildman–Crippen LogP) is 0.441. The molecule has 0 fully saturated rings. The van der Waals surface area contributed by atoms with Crippen LogP contribution in [0.1, 0.15) is 26.2 Å². The molecule has 0 unspecified atom stereocenters. The Kier molecular flexibility index (Phi) is 6.66. The van der Waals surface area contributed by atoms with Gasteiger partial charge in [0.25, 0.3) is 0 Å². The third kappa shape index (κ3) is 6.63.